The van der Waals surface area contributed by atoms with Gasteiger partial charge < -0.3 is 4.42 Å². The highest BCUT2D eigenvalue weighted by Gasteiger charge is 2.18. The standard InChI is InChI=1S/C12H12Cl2N2O/c1-7-2-3-8(6-10(7)13)11(16-15)9-4-5-17-12(9)14/h2-6,11,16H,15H2,1H3. The van der Waals surface area contributed by atoms with Gasteiger partial charge in [0.15, 0.2) is 5.22 Å². The van der Waals surface area contributed by atoms with Gasteiger partial charge in [0.25, 0.3) is 0 Å². The molecule has 1 aromatic heterocycles. The number of furan rings is 1. The highest BCUT2D eigenvalue weighted by atomic mass is 35.5. The second-order valence-corrected chi connectivity index (χ2v) is 4.51. The van der Waals surface area contributed by atoms with Crippen molar-refractivity contribution in [2.75, 3.05) is 0 Å². The first kappa shape index (κ1) is 12.5. The molecule has 0 aliphatic carbocycles. The van der Waals surface area contributed by atoms with E-state index in [0.717, 1.165) is 16.7 Å². The van der Waals surface area contributed by atoms with Crippen molar-refractivity contribution < 1.29 is 4.42 Å². The van der Waals surface area contributed by atoms with E-state index >= 15 is 0 Å². The zero-order valence-electron chi connectivity index (χ0n) is 9.21. The molecule has 0 amide bonds. The zero-order valence-corrected chi connectivity index (χ0v) is 10.7. The zero-order chi connectivity index (χ0) is 12.4. The van der Waals surface area contributed by atoms with Crippen molar-refractivity contribution in [3.05, 3.63) is 57.5 Å². The van der Waals surface area contributed by atoms with Gasteiger partial charge in [0, 0.05) is 10.6 Å². The molecule has 17 heavy (non-hydrogen) atoms. The summed E-state index contributed by atoms with van der Waals surface area (Å²) in [6.45, 7) is 1.95. The van der Waals surface area contributed by atoms with Gasteiger partial charge in [0.2, 0.25) is 0 Å². The number of benzene rings is 1. The lowest BCUT2D eigenvalue weighted by Crippen LogP contribution is -2.28. The molecule has 2 rings (SSSR count). The molecule has 1 atom stereocenters. The van der Waals surface area contributed by atoms with Crippen LogP contribution in [-0.2, 0) is 0 Å². The maximum absolute atomic E-state index is 6.09. The Balaban J connectivity index is 2.42. The lowest BCUT2D eigenvalue weighted by molar-refractivity contribution is 0.555. The molecule has 0 radical (unpaired) electrons. The average molecular weight is 271 g/mol. The molecule has 90 valence electrons. The summed E-state index contributed by atoms with van der Waals surface area (Å²) in [6, 6.07) is 7.30. The summed E-state index contributed by atoms with van der Waals surface area (Å²) < 4.78 is 5.06. The van der Waals surface area contributed by atoms with Gasteiger partial charge in [-0.1, -0.05) is 23.7 Å². The first-order valence-corrected chi connectivity index (χ1v) is 5.84. The fourth-order valence-electron chi connectivity index (χ4n) is 1.66. The Morgan fingerprint density at radius 2 is 2.06 bits per heavy atom. The number of hydrogen-bond acceptors (Lipinski definition) is 3. The molecule has 0 saturated carbocycles. The highest BCUT2D eigenvalue weighted by Crippen LogP contribution is 2.30. The van der Waals surface area contributed by atoms with Gasteiger partial charge in [-0.05, 0) is 41.8 Å². The van der Waals surface area contributed by atoms with E-state index in [1.54, 1.807) is 6.07 Å². The minimum atomic E-state index is -0.237. The first-order valence-electron chi connectivity index (χ1n) is 5.08. The lowest BCUT2D eigenvalue weighted by atomic mass is 10.0. The Morgan fingerprint density at radius 1 is 1.29 bits per heavy atom. The molecule has 1 heterocycles. The number of rotatable bonds is 3. The third kappa shape index (κ3) is 2.48. The number of hydrazine groups is 1. The predicted molar refractivity (Wildman–Crippen MR) is 69.1 cm³/mol. The Bertz CT molecular complexity index is 525. The molecule has 0 bridgehead atoms. The average Bonchev–Trinajstić information content (AvgIpc) is 2.71. The molecule has 1 unspecified atom stereocenters. The smallest absolute Gasteiger partial charge is 0.198 e. The summed E-state index contributed by atoms with van der Waals surface area (Å²) in [4.78, 5) is 0. The maximum Gasteiger partial charge on any atom is 0.198 e. The SMILES string of the molecule is Cc1ccc(C(NN)c2ccoc2Cl)cc1Cl. The van der Waals surface area contributed by atoms with E-state index in [2.05, 4.69) is 5.43 Å². The Labute approximate surface area is 109 Å². The van der Waals surface area contributed by atoms with Crippen molar-refractivity contribution >= 4 is 23.2 Å². The van der Waals surface area contributed by atoms with Gasteiger partial charge in [-0.15, -0.1) is 0 Å². The van der Waals surface area contributed by atoms with Crippen LogP contribution in [0.2, 0.25) is 10.2 Å². The van der Waals surface area contributed by atoms with Gasteiger partial charge in [0.1, 0.15) is 0 Å². The number of aryl methyl sites for hydroxylation is 1. The fourth-order valence-corrected chi connectivity index (χ4v) is 2.08. The highest BCUT2D eigenvalue weighted by molar-refractivity contribution is 6.31. The van der Waals surface area contributed by atoms with E-state index in [9.17, 15) is 0 Å². The maximum atomic E-state index is 6.09. The Kier molecular flexibility index (Phi) is 3.74. The van der Waals surface area contributed by atoms with E-state index in [4.69, 9.17) is 33.5 Å². The van der Waals surface area contributed by atoms with E-state index in [-0.39, 0.29) is 6.04 Å². The van der Waals surface area contributed by atoms with Crippen LogP contribution in [0.4, 0.5) is 0 Å². The summed E-state index contributed by atoms with van der Waals surface area (Å²) in [5.74, 6) is 5.56. The molecule has 5 heteroatoms. The van der Waals surface area contributed by atoms with Crippen LogP contribution in [0.15, 0.2) is 34.9 Å². The lowest BCUT2D eigenvalue weighted by Gasteiger charge is -2.16. The van der Waals surface area contributed by atoms with Gasteiger partial charge in [-0.2, -0.15) is 0 Å². The van der Waals surface area contributed by atoms with Crippen LogP contribution in [0, 0.1) is 6.92 Å². The second-order valence-electron chi connectivity index (χ2n) is 3.76. The number of nitrogens with two attached hydrogens (primary N) is 1. The summed E-state index contributed by atoms with van der Waals surface area (Å²) >= 11 is 12.0. The van der Waals surface area contributed by atoms with Crippen molar-refractivity contribution in [1.82, 2.24) is 5.43 Å². The van der Waals surface area contributed by atoms with E-state index in [1.807, 2.05) is 25.1 Å². The fraction of sp³-hybridized carbons (Fsp3) is 0.167. The molecule has 3 nitrogen and oxygen atoms in total. The summed E-state index contributed by atoms with van der Waals surface area (Å²) in [5, 5.41) is 1.02. The van der Waals surface area contributed by atoms with Gasteiger partial charge >= 0.3 is 0 Å². The van der Waals surface area contributed by atoms with Crippen molar-refractivity contribution in [3.8, 4) is 0 Å². The first-order chi connectivity index (χ1) is 8.13. The number of halogens is 2. The van der Waals surface area contributed by atoms with Gasteiger partial charge in [-0.25, -0.2) is 5.43 Å². The minimum Gasteiger partial charge on any atom is -0.453 e. The largest absolute Gasteiger partial charge is 0.453 e. The van der Waals surface area contributed by atoms with Crippen LogP contribution in [-0.4, -0.2) is 0 Å². The number of hydrogen-bond donors (Lipinski definition) is 2. The summed E-state index contributed by atoms with van der Waals surface area (Å²) in [6.07, 6.45) is 1.53. The van der Waals surface area contributed by atoms with Crippen molar-refractivity contribution in [2.24, 2.45) is 5.84 Å². The molecular weight excluding hydrogens is 259 g/mol. The molecule has 0 saturated heterocycles. The minimum absolute atomic E-state index is 0.237. The van der Waals surface area contributed by atoms with Crippen LogP contribution in [0.25, 0.3) is 0 Å². The summed E-state index contributed by atoms with van der Waals surface area (Å²) in [7, 11) is 0. The Hall–Kier alpha value is -1.00. The molecule has 0 fully saturated rings. The van der Waals surface area contributed by atoms with Crippen LogP contribution < -0.4 is 11.3 Å². The third-order valence-corrected chi connectivity index (χ3v) is 3.37. The van der Waals surface area contributed by atoms with Gasteiger partial charge in [-0.3, -0.25) is 5.84 Å². The van der Waals surface area contributed by atoms with Crippen LogP contribution in [0.1, 0.15) is 22.7 Å². The number of nitrogens with one attached hydrogen (secondary N) is 1. The molecule has 0 aliphatic heterocycles. The second kappa shape index (κ2) is 5.10. The third-order valence-electron chi connectivity index (χ3n) is 2.65. The topological polar surface area (TPSA) is 51.2 Å². The normalized spacial score (nSPS) is 12.7. The molecule has 3 N–H and O–H groups in total. The molecule has 0 spiro atoms. The van der Waals surface area contributed by atoms with Crippen LogP contribution in [0.3, 0.4) is 0 Å². The monoisotopic (exact) mass is 270 g/mol. The van der Waals surface area contributed by atoms with Crippen molar-refractivity contribution in [3.63, 3.8) is 0 Å². The predicted octanol–water partition coefficient (Wildman–Crippen LogP) is 3.45. The van der Waals surface area contributed by atoms with Crippen LogP contribution >= 0.6 is 23.2 Å². The van der Waals surface area contributed by atoms with E-state index < -0.39 is 0 Å². The van der Waals surface area contributed by atoms with Crippen molar-refractivity contribution in [1.29, 1.82) is 0 Å². The van der Waals surface area contributed by atoms with Gasteiger partial charge in [0.05, 0.1) is 12.3 Å². The molecular formula is C12H12Cl2N2O. The quantitative estimate of drug-likeness (QED) is 0.664. The van der Waals surface area contributed by atoms with E-state index in [0.29, 0.717) is 10.2 Å². The molecule has 0 aliphatic rings. The Morgan fingerprint density at radius 3 is 2.59 bits per heavy atom. The molecule has 2 aromatic rings. The summed E-state index contributed by atoms with van der Waals surface area (Å²) in [5.41, 5.74) is 5.45. The molecule has 1 aromatic carbocycles. The van der Waals surface area contributed by atoms with E-state index in [1.165, 1.54) is 6.26 Å². The van der Waals surface area contributed by atoms with Crippen LogP contribution in [0.5, 0.6) is 0 Å². The van der Waals surface area contributed by atoms with Crippen molar-refractivity contribution in [2.45, 2.75) is 13.0 Å².